The maximum Gasteiger partial charge on any atom is 0.239 e. The number of anilines is 1. The normalized spacial score (nSPS) is 13.9. The number of para-hydroxylation sites is 1. The molecule has 5 nitrogen and oxygen atoms in total. The molecule has 26 heavy (non-hydrogen) atoms. The van der Waals surface area contributed by atoms with Crippen LogP contribution < -0.4 is 5.32 Å². The number of sulfonamides is 1. The summed E-state index contributed by atoms with van der Waals surface area (Å²) in [5, 5.41) is 3.04. The fraction of sp³-hybridized carbons (Fsp3) is 0.211. The van der Waals surface area contributed by atoms with E-state index in [1.165, 1.54) is 7.05 Å². The second kappa shape index (κ2) is 7.61. The molecule has 1 N–H and O–H groups in total. The Kier molecular flexibility index (Phi) is 5.46. The van der Waals surface area contributed by atoms with E-state index < -0.39 is 15.9 Å². The van der Waals surface area contributed by atoms with Gasteiger partial charge in [-0.25, -0.2) is 8.42 Å². The standard InChI is InChI=1S/C19H19ClN2O3S/c1-22(13-19(23)21-18-9-5-4-8-17(18)20)26(24,25)16-11-10-14-6-2-3-7-15(14)12-16/h2-9,12H,10-11,13H2,1H3,(H,21,23). The summed E-state index contributed by atoms with van der Waals surface area (Å²) in [7, 11) is -2.30. The summed E-state index contributed by atoms with van der Waals surface area (Å²) in [5.74, 6) is -0.444. The molecule has 136 valence electrons. The Hall–Kier alpha value is -2.15. The van der Waals surface area contributed by atoms with Gasteiger partial charge in [0.1, 0.15) is 0 Å². The third-order valence-corrected chi connectivity index (χ3v) is 6.53. The van der Waals surface area contributed by atoms with Crippen LogP contribution in [0.15, 0.2) is 53.4 Å². The van der Waals surface area contributed by atoms with Crippen LogP contribution in [0.3, 0.4) is 0 Å². The number of halogens is 1. The van der Waals surface area contributed by atoms with Gasteiger partial charge in [-0.1, -0.05) is 48.0 Å². The van der Waals surface area contributed by atoms with E-state index >= 15 is 0 Å². The highest BCUT2D eigenvalue weighted by atomic mass is 35.5. The Morgan fingerprint density at radius 1 is 1.12 bits per heavy atom. The zero-order valence-corrected chi connectivity index (χ0v) is 15.8. The molecule has 0 saturated heterocycles. The molecule has 0 fully saturated rings. The van der Waals surface area contributed by atoms with Gasteiger partial charge in [0.15, 0.2) is 0 Å². The average molecular weight is 391 g/mol. The second-order valence-corrected chi connectivity index (χ2v) is 8.60. The lowest BCUT2D eigenvalue weighted by Gasteiger charge is -2.22. The van der Waals surface area contributed by atoms with Crippen molar-refractivity contribution >= 4 is 39.3 Å². The van der Waals surface area contributed by atoms with Crippen LogP contribution in [0, 0.1) is 0 Å². The van der Waals surface area contributed by atoms with Gasteiger partial charge in [0.2, 0.25) is 15.9 Å². The first-order valence-corrected chi connectivity index (χ1v) is 9.99. The highest BCUT2D eigenvalue weighted by molar-refractivity contribution is 7.93. The predicted molar refractivity (Wildman–Crippen MR) is 104 cm³/mol. The number of allylic oxidation sites excluding steroid dienone is 1. The van der Waals surface area contributed by atoms with Crippen LogP contribution in [0.4, 0.5) is 5.69 Å². The number of likely N-dealkylation sites (N-methyl/N-ethyl adjacent to an activating group) is 1. The van der Waals surface area contributed by atoms with Gasteiger partial charge in [0.25, 0.3) is 0 Å². The Morgan fingerprint density at radius 3 is 2.58 bits per heavy atom. The van der Waals surface area contributed by atoms with Crippen molar-refractivity contribution in [1.82, 2.24) is 4.31 Å². The van der Waals surface area contributed by atoms with Gasteiger partial charge in [0, 0.05) is 7.05 Å². The molecule has 7 heteroatoms. The molecule has 0 spiro atoms. The first kappa shape index (κ1) is 18.6. The zero-order valence-electron chi connectivity index (χ0n) is 14.3. The summed E-state index contributed by atoms with van der Waals surface area (Å²) in [6.07, 6.45) is 2.79. The number of aryl methyl sites for hydroxylation is 1. The summed E-state index contributed by atoms with van der Waals surface area (Å²) < 4.78 is 26.7. The van der Waals surface area contributed by atoms with Crippen LogP contribution in [0.5, 0.6) is 0 Å². The molecule has 0 aliphatic heterocycles. The maximum atomic E-state index is 12.8. The van der Waals surface area contributed by atoms with E-state index in [1.54, 1.807) is 30.3 Å². The van der Waals surface area contributed by atoms with Gasteiger partial charge in [0.05, 0.1) is 22.2 Å². The average Bonchev–Trinajstić information content (AvgIpc) is 2.63. The number of rotatable bonds is 5. The fourth-order valence-electron chi connectivity index (χ4n) is 2.85. The molecular formula is C19H19ClN2O3S. The van der Waals surface area contributed by atoms with Gasteiger partial charge in [-0.2, -0.15) is 4.31 Å². The Labute approximate surface area is 158 Å². The van der Waals surface area contributed by atoms with Crippen LogP contribution in [0.2, 0.25) is 5.02 Å². The van der Waals surface area contributed by atoms with Gasteiger partial charge < -0.3 is 5.32 Å². The molecular weight excluding hydrogens is 372 g/mol. The highest BCUT2D eigenvalue weighted by Crippen LogP contribution is 2.28. The number of nitrogens with one attached hydrogen (secondary N) is 1. The monoisotopic (exact) mass is 390 g/mol. The van der Waals surface area contributed by atoms with Crippen LogP contribution >= 0.6 is 11.6 Å². The zero-order chi connectivity index (χ0) is 18.7. The van der Waals surface area contributed by atoms with E-state index in [2.05, 4.69) is 5.32 Å². The van der Waals surface area contributed by atoms with Crippen molar-refractivity contribution in [2.24, 2.45) is 0 Å². The summed E-state index contributed by atoms with van der Waals surface area (Å²) in [4.78, 5) is 12.5. The van der Waals surface area contributed by atoms with Crippen molar-refractivity contribution in [3.8, 4) is 0 Å². The van der Waals surface area contributed by atoms with Crippen molar-refractivity contribution < 1.29 is 13.2 Å². The molecule has 0 radical (unpaired) electrons. The Bertz CT molecular complexity index is 970. The third kappa shape index (κ3) is 3.98. The van der Waals surface area contributed by atoms with E-state index in [-0.39, 0.29) is 6.54 Å². The molecule has 1 aliphatic rings. The molecule has 0 saturated carbocycles. The molecule has 1 amide bonds. The minimum Gasteiger partial charge on any atom is -0.324 e. The molecule has 1 aliphatic carbocycles. The van der Waals surface area contributed by atoms with Crippen molar-refractivity contribution in [2.45, 2.75) is 12.8 Å². The largest absolute Gasteiger partial charge is 0.324 e. The number of fused-ring (bicyclic) bond motifs is 1. The first-order chi connectivity index (χ1) is 12.4. The van der Waals surface area contributed by atoms with Crippen molar-refractivity contribution in [3.63, 3.8) is 0 Å². The molecule has 0 heterocycles. The lowest BCUT2D eigenvalue weighted by atomic mass is 9.98. The van der Waals surface area contributed by atoms with Crippen LogP contribution in [-0.2, 0) is 21.2 Å². The molecule has 0 atom stereocenters. The second-order valence-electron chi connectivity index (χ2n) is 6.10. The van der Waals surface area contributed by atoms with Crippen LogP contribution in [0.1, 0.15) is 17.5 Å². The lowest BCUT2D eigenvalue weighted by molar-refractivity contribution is -0.116. The van der Waals surface area contributed by atoms with Crippen LogP contribution in [-0.4, -0.2) is 32.2 Å². The lowest BCUT2D eigenvalue weighted by Crippen LogP contribution is -2.36. The Morgan fingerprint density at radius 2 is 1.81 bits per heavy atom. The van der Waals surface area contributed by atoms with E-state index in [1.807, 2.05) is 24.3 Å². The highest BCUT2D eigenvalue weighted by Gasteiger charge is 2.27. The maximum absolute atomic E-state index is 12.8. The smallest absolute Gasteiger partial charge is 0.239 e. The SMILES string of the molecule is CN(CC(=O)Nc1ccccc1Cl)S(=O)(=O)C1=Cc2ccccc2CC1. The van der Waals surface area contributed by atoms with Crippen molar-refractivity contribution in [3.05, 3.63) is 69.6 Å². The summed E-state index contributed by atoms with van der Waals surface area (Å²) in [6, 6.07) is 14.5. The van der Waals surface area contributed by atoms with Gasteiger partial charge in [-0.15, -0.1) is 0 Å². The number of carbonyl (C=O) groups excluding carboxylic acids is 1. The fourth-order valence-corrected chi connectivity index (χ4v) is 4.36. The first-order valence-electron chi connectivity index (χ1n) is 8.17. The molecule has 2 aromatic rings. The molecule has 0 bridgehead atoms. The topological polar surface area (TPSA) is 66.5 Å². The summed E-state index contributed by atoms with van der Waals surface area (Å²) in [5.41, 5.74) is 2.49. The minimum absolute atomic E-state index is 0.285. The van der Waals surface area contributed by atoms with Crippen molar-refractivity contribution in [2.75, 3.05) is 18.9 Å². The summed E-state index contributed by atoms with van der Waals surface area (Å²) in [6.45, 7) is -0.285. The van der Waals surface area contributed by atoms with Crippen LogP contribution in [0.25, 0.3) is 6.08 Å². The van der Waals surface area contributed by atoms with Gasteiger partial charge in [-0.05, 0) is 42.2 Å². The number of benzene rings is 2. The van der Waals surface area contributed by atoms with Gasteiger partial charge >= 0.3 is 0 Å². The van der Waals surface area contributed by atoms with E-state index in [0.717, 1.165) is 15.4 Å². The molecule has 0 aromatic heterocycles. The third-order valence-electron chi connectivity index (χ3n) is 4.27. The summed E-state index contributed by atoms with van der Waals surface area (Å²) >= 11 is 6.01. The number of nitrogens with zero attached hydrogens (tertiary/aromatic N) is 1. The number of amides is 1. The molecule has 3 rings (SSSR count). The van der Waals surface area contributed by atoms with E-state index in [0.29, 0.717) is 28.5 Å². The number of carbonyl (C=O) groups is 1. The van der Waals surface area contributed by atoms with Crippen molar-refractivity contribution in [1.29, 1.82) is 0 Å². The predicted octanol–water partition coefficient (Wildman–Crippen LogP) is 3.53. The van der Waals surface area contributed by atoms with E-state index in [9.17, 15) is 13.2 Å². The number of hydrogen-bond donors (Lipinski definition) is 1. The van der Waals surface area contributed by atoms with Gasteiger partial charge in [-0.3, -0.25) is 4.79 Å². The Balaban J connectivity index is 1.73. The van der Waals surface area contributed by atoms with E-state index in [4.69, 9.17) is 11.6 Å². The molecule has 0 unspecified atom stereocenters. The quantitative estimate of drug-likeness (QED) is 0.849. The number of hydrogen-bond acceptors (Lipinski definition) is 3. The minimum atomic E-state index is -3.70. The molecule has 2 aromatic carbocycles.